The van der Waals surface area contributed by atoms with Crippen LogP contribution in [0.25, 0.3) is 0 Å². The van der Waals surface area contributed by atoms with Crippen LogP contribution in [-0.2, 0) is 11.0 Å². The third kappa shape index (κ3) is 2.62. The first-order valence-electron chi connectivity index (χ1n) is 6.72. The number of alkyl halides is 3. The van der Waals surface area contributed by atoms with Crippen LogP contribution >= 0.6 is 0 Å². The molecule has 1 heterocycles. The van der Waals surface area contributed by atoms with Gasteiger partial charge in [0.25, 0.3) is 0 Å². The largest absolute Gasteiger partial charge is 0.416 e. The minimum atomic E-state index is -4.63. The molecule has 0 bridgehead atoms. The molecule has 2 unspecified atom stereocenters. The van der Waals surface area contributed by atoms with E-state index in [1.165, 1.54) is 4.90 Å². The molecule has 7 heteroatoms. The quantitative estimate of drug-likeness (QED) is 0.854. The second-order valence-electron chi connectivity index (χ2n) is 5.62. The molecule has 1 amide bonds. The number of carbonyl (C=O) groups is 1. The summed E-state index contributed by atoms with van der Waals surface area (Å²) in [7, 11) is 0. The van der Waals surface area contributed by atoms with Crippen LogP contribution in [0.1, 0.15) is 36.4 Å². The first-order valence-corrected chi connectivity index (χ1v) is 6.72. The van der Waals surface area contributed by atoms with Crippen LogP contribution in [0.3, 0.4) is 0 Å². The number of hydrogen-bond donors (Lipinski definition) is 1. The lowest BCUT2D eigenvalue weighted by molar-refractivity contribution is -0.137. The first kappa shape index (κ1) is 14.3. The maximum Gasteiger partial charge on any atom is 0.416 e. The van der Waals surface area contributed by atoms with Gasteiger partial charge in [0.15, 0.2) is 0 Å². The molecule has 1 aromatic rings. The highest BCUT2D eigenvalue weighted by atomic mass is 19.4. The van der Waals surface area contributed by atoms with Gasteiger partial charge < -0.3 is 10.6 Å². The van der Waals surface area contributed by atoms with Crippen molar-refractivity contribution in [2.45, 2.75) is 43.6 Å². The van der Waals surface area contributed by atoms with Crippen LogP contribution < -0.4 is 5.73 Å². The van der Waals surface area contributed by atoms with Gasteiger partial charge in [-0.1, -0.05) is 0 Å². The Morgan fingerprint density at radius 3 is 2.43 bits per heavy atom. The van der Waals surface area contributed by atoms with Gasteiger partial charge >= 0.3 is 6.18 Å². The summed E-state index contributed by atoms with van der Waals surface area (Å²) < 4.78 is 51.9. The summed E-state index contributed by atoms with van der Waals surface area (Å²) in [6.07, 6.45) is -2.92. The summed E-state index contributed by atoms with van der Waals surface area (Å²) in [5.41, 5.74) is 4.96. The Labute approximate surface area is 118 Å². The Hall–Kier alpha value is -1.63. The Bertz CT molecular complexity index is 583. The number of amides is 1. The molecule has 2 fully saturated rings. The Morgan fingerprint density at radius 2 is 1.86 bits per heavy atom. The summed E-state index contributed by atoms with van der Waals surface area (Å²) in [4.78, 5) is 13.5. The minimum Gasteiger partial charge on any atom is -0.331 e. The minimum absolute atomic E-state index is 0.0219. The summed E-state index contributed by atoms with van der Waals surface area (Å²) in [6.45, 7) is 0. The van der Waals surface area contributed by atoms with Gasteiger partial charge in [0.1, 0.15) is 5.82 Å². The van der Waals surface area contributed by atoms with Gasteiger partial charge in [0.05, 0.1) is 11.6 Å². The predicted molar refractivity (Wildman–Crippen MR) is 66.6 cm³/mol. The highest BCUT2D eigenvalue weighted by Crippen LogP contribution is 2.42. The zero-order valence-electron chi connectivity index (χ0n) is 11.0. The molecule has 1 aromatic carbocycles. The van der Waals surface area contributed by atoms with E-state index in [0.717, 1.165) is 25.0 Å². The standard InChI is InChI=1S/C14H14F4N2O/c15-9-4-7(3-8(5-9)14(16,17)18)13-11(19)6-12(21)20(13)10-1-2-10/h3-5,10-11,13H,1-2,6,19H2. The molecule has 1 saturated carbocycles. The van der Waals surface area contributed by atoms with E-state index in [1.807, 2.05) is 0 Å². The lowest BCUT2D eigenvalue weighted by Crippen LogP contribution is -2.34. The van der Waals surface area contributed by atoms with Crippen molar-refractivity contribution in [1.82, 2.24) is 4.90 Å². The van der Waals surface area contributed by atoms with Gasteiger partial charge in [0.2, 0.25) is 5.91 Å². The number of carbonyl (C=O) groups excluding carboxylic acids is 1. The fourth-order valence-electron chi connectivity index (χ4n) is 2.92. The van der Waals surface area contributed by atoms with Gasteiger partial charge in [0, 0.05) is 18.5 Å². The van der Waals surface area contributed by atoms with Crippen molar-refractivity contribution in [2.75, 3.05) is 0 Å². The number of halogens is 4. The maximum absolute atomic E-state index is 13.5. The summed E-state index contributed by atoms with van der Waals surface area (Å²) in [6, 6.07) is 1.11. The number of nitrogens with zero attached hydrogens (tertiary/aromatic N) is 1. The van der Waals surface area contributed by atoms with Crippen molar-refractivity contribution in [3.8, 4) is 0 Å². The van der Waals surface area contributed by atoms with E-state index in [0.29, 0.717) is 6.07 Å². The summed E-state index contributed by atoms with van der Waals surface area (Å²) in [5.74, 6) is -1.14. The summed E-state index contributed by atoms with van der Waals surface area (Å²) >= 11 is 0. The molecular weight excluding hydrogens is 288 g/mol. The lowest BCUT2D eigenvalue weighted by atomic mass is 9.98. The van der Waals surface area contributed by atoms with Crippen molar-refractivity contribution in [1.29, 1.82) is 0 Å². The second kappa shape index (κ2) is 4.69. The molecule has 21 heavy (non-hydrogen) atoms. The molecule has 3 rings (SSSR count). The predicted octanol–water partition coefficient (Wildman–Crippen LogP) is 2.61. The normalized spacial score (nSPS) is 26.5. The van der Waals surface area contributed by atoms with Crippen LogP contribution in [0, 0.1) is 5.82 Å². The smallest absolute Gasteiger partial charge is 0.331 e. The van der Waals surface area contributed by atoms with Crippen LogP contribution in [0.5, 0.6) is 0 Å². The van der Waals surface area contributed by atoms with E-state index in [9.17, 15) is 22.4 Å². The van der Waals surface area contributed by atoms with Crippen molar-refractivity contribution < 1.29 is 22.4 Å². The van der Waals surface area contributed by atoms with E-state index >= 15 is 0 Å². The van der Waals surface area contributed by atoms with Crippen molar-refractivity contribution in [3.05, 3.63) is 35.1 Å². The highest BCUT2D eigenvalue weighted by molar-refractivity contribution is 5.81. The van der Waals surface area contributed by atoms with Crippen LogP contribution in [-0.4, -0.2) is 22.9 Å². The average molecular weight is 302 g/mol. The van der Waals surface area contributed by atoms with E-state index < -0.39 is 29.6 Å². The molecule has 2 atom stereocenters. The number of likely N-dealkylation sites (tertiary alicyclic amines) is 1. The molecule has 1 aliphatic heterocycles. The molecule has 0 aromatic heterocycles. The molecular formula is C14H14F4N2O. The topological polar surface area (TPSA) is 46.3 Å². The molecule has 1 aliphatic carbocycles. The fourth-order valence-corrected chi connectivity index (χ4v) is 2.92. The molecule has 0 spiro atoms. The van der Waals surface area contributed by atoms with Crippen molar-refractivity contribution in [3.63, 3.8) is 0 Å². The molecule has 0 radical (unpaired) electrons. The molecule has 114 valence electrons. The average Bonchev–Trinajstić information content (AvgIpc) is 3.13. The zero-order valence-corrected chi connectivity index (χ0v) is 11.0. The van der Waals surface area contributed by atoms with E-state index in [4.69, 9.17) is 5.73 Å². The number of nitrogens with two attached hydrogens (primary N) is 1. The number of hydrogen-bond acceptors (Lipinski definition) is 2. The Morgan fingerprint density at radius 1 is 1.19 bits per heavy atom. The fraction of sp³-hybridized carbons (Fsp3) is 0.500. The van der Waals surface area contributed by atoms with Gasteiger partial charge in [-0.2, -0.15) is 13.2 Å². The Kier molecular flexibility index (Phi) is 3.20. The molecule has 2 N–H and O–H groups in total. The molecule has 1 saturated heterocycles. The maximum atomic E-state index is 13.5. The monoisotopic (exact) mass is 302 g/mol. The zero-order chi connectivity index (χ0) is 15.4. The van der Waals surface area contributed by atoms with Crippen LogP contribution in [0.4, 0.5) is 17.6 Å². The molecule has 2 aliphatic rings. The number of benzene rings is 1. The van der Waals surface area contributed by atoms with Crippen molar-refractivity contribution in [2.24, 2.45) is 5.73 Å². The van der Waals surface area contributed by atoms with E-state index in [-0.39, 0.29) is 23.9 Å². The summed E-state index contributed by atoms with van der Waals surface area (Å²) in [5, 5.41) is 0. The van der Waals surface area contributed by atoms with Crippen LogP contribution in [0.2, 0.25) is 0 Å². The van der Waals surface area contributed by atoms with Gasteiger partial charge in [-0.3, -0.25) is 4.79 Å². The van der Waals surface area contributed by atoms with E-state index in [2.05, 4.69) is 0 Å². The lowest BCUT2D eigenvalue weighted by Gasteiger charge is -2.27. The highest BCUT2D eigenvalue weighted by Gasteiger charge is 2.46. The second-order valence-corrected chi connectivity index (χ2v) is 5.62. The third-order valence-electron chi connectivity index (χ3n) is 3.93. The number of rotatable bonds is 2. The Balaban J connectivity index is 2.02. The van der Waals surface area contributed by atoms with E-state index in [1.54, 1.807) is 0 Å². The third-order valence-corrected chi connectivity index (χ3v) is 3.93. The van der Waals surface area contributed by atoms with Gasteiger partial charge in [-0.05, 0) is 36.6 Å². The van der Waals surface area contributed by atoms with Gasteiger partial charge in [-0.15, -0.1) is 0 Å². The van der Waals surface area contributed by atoms with Crippen LogP contribution in [0.15, 0.2) is 18.2 Å². The SMILES string of the molecule is NC1CC(=O)N(C2CC2)C1c1cc(F)cc(C(F)(F)F)c1. The molecule has 3 nitrogen and oxygen atoms in total. The van der Waals surface area contributed by atoms with Crippen molar-refractivity contribution >= 4 is 5.91 Å². The van der Waals surface area contributed by atoms with Gasteiger partial charge in [-0.25, -0.2) is 4.39 Å². The first-order chi connectivity index (χ1) is 9.77.